The number of aromatic nitrogens is 3. The summed E-state index contributed by atoms with van der Waals surface area (Å²) in [6.07, 6.45) is 3.21. The number of hydrogen-bond acceptors (Lipinski definition) is 6. The molecule has 0 aliphatic heterocycles. The third-order valence-electron chi connectivity index (χ3n) is 3.27. The molecule has 0 unspecified atom stereocenters. The van der Waals surface area contributed by atoms with E-state index >= 15 is 0 Å². The van der Waals surface area contributed by atoms with Crippen LogP contribution in [0, 0.1) is 12.8 Å². The number of thiazole rings is 1. The molecule has 0 radical (unpaired) electrons. The number of carbonyl (C=O) groups excluding carboxylic acids is 1. The Labute approximate surface area is 114 Å². The van der Waals surface area contributed by atoms with Crippen LogP contribution >= 0.6 is 11.3 Å². The van der Waals surface area contributed by atoms with Crippen LogP contribution in [0.4, 0.5) is 5.13 Å². The second kappa shape index (κ2) is 4.73. The van der Waals surface area contributed by atoms with E-state index in [9.17, 15) is 4.79 Å². The van der Waals surface area contributed by atoms with Crippen LogP contribution < -0.4 is 5.32 Å². The molecule has 0 aromatic carbocycles. The summed E-state index contributed by atoms with van der Waals surface area (Å²) in [5.74, 6) is 0.372. The molecule has 0 saturated heterocycles. The standard InChI is InChI=1S/C12H14N4O2S/c1-6-3-4-8-9(5-6)19-12(13-8)14-11(17)10-7(2)15-18-16-10/h6H,3-5H2,1-2H3,(H,13,14,17)/t6-/m0/s1. The van der Waals surface area contributed by atoms with Gasteiger partial charge in [-0.1, -0.05) is 12.1 Å². The van der Waals surface area contributed by atoms with Crippen LogP contribution in [0.5, 0.6) is 0 Å². The summed E-state index contributed by atoms with van der Waals surface area (Å²) in [4.78, 5) is 17.7. The van der Waals surface area contributed by atoms with Crippen LogP contribution in [0.2, 0.25) is 0 Å². The molecule has 2 aromatic heterocycles. The molecule has 1 atom stereocenters. The number of fused-ring (bicyclic) bond motifs is 1. The van der Waals surface area contributed by atoms with Gasteiger partial charge in [-0.25, -0.2) is 9.61 Å². The van der Waals surface area contributed by atoms with E-state index in [-0.39, 0.29) is 11.6 Å². The number of nitrogens with zero attached hydrogens (tertiary/aromatic N) is 3. The van der Waals surface area contributed by atoms with Crippen molar-refractivity contribution in [2.75, 3.05) is 5.32 Å². The van der Waals surface area contributed by atoms with Crippen molar-refractivity contribution in [3.63, 3.8) is 0 Å². The summed E-state index contributed by atoms with van der Waals surface area (Å²) in [6.45, 7) is 3.92. The summed E-state index contributed by atoms with van der Waals surface area (Å²) < 4.78 is 4.52. The number of amides is 1. The Morgan fingerprint density at radius 3 is 3.05 bits per heavy atom. The number of anilines is 1. The molecule has 2 aromatic rings. The SMILES string of the molecule is Cc1nonc1C(=O)Nc1nc2c(s1)C[C@@H](C)CC2. The first-order valence-electron chi connectivity index (χ1n) is 6.22. The average Bonchev–Trinajstić information content (AvgIpc) is 2.94. The minimum atomic E-state index is -0.321. The minimum absolute atomic E-state index is 0.210. The fourth-order valence-electron chi connectivity index (χ4n) is 2.19. The maximum atomic E-state index is 12.0. The van der Waals surface area contributed by atoms with Gasteiger partial charge in [0.1, 0.15) is 5.69 Å². The zero-order valence-electron chi connectivity index (χ0n) is 10.8. The van der Waals surface area contributed by atoms with Gasteiger partial charge in [0.05, 0.1) is 5.69 Å². The van der Waals surface area contributed by atoms with E-state index in [1.165, 1.54) is 4.88 Å². The highest BCUT2D eigenvalue weighted by atomic mass is 32.1. The van der Waals surface area contributed by atoms with Crippen molar-refractivity contribution in [1.29, 1.82) is 0 Å². The van der Waals surface area contributed by atoms with Crippen molar-refractivity contribution < 1.29 is 9.42 Å². The van der Waals surface area contributed by atoms with E-state index in [0.29, 0.717) is 16.7 Å². The zero-order chi connectivity index (χ0) is 13.4. The molecule has 0 spiro atoms. The van der Waals surface area contributed by atoms with Crippen molar-refractivity contribution in [2.24, 2.45) is 5.92 Å². The van der Waals surface area contributed by atoms with Crippen molar-refractivity contribution in [3.8, 4) is 0 Å². The van der Waals surface area contributed by atoms with Gasteiger partial charge in [-0.15, -0.1) is 11.3 Å². The highest BCUT2D eigenvalue weighted by molar-refractivity contribution is 7.15. The van der Waals surface area contributed by atoms with Gasteiger partial charge >= 0.3 is 0 Å². The Bertz CT molecular complexity index is 619. The lowest BCUT2D eigenvalue weighted by molar-refractivity contribution is 0.101. The molecule has 19 heavy (non-hydrogen) atoms. The van der Waals surface area contributed by atoms with E-state index in [0.717, 1.165) is 25.0 Å². The number of rotatable bonds is 2. The molecular weight excluding hydrogens is 264 g/mol. The Kier molecular flexibility index (Phi) is 3.06. The summed E-state index contributed by atoms with van der Waals surface area (Å²) in [7, 11) is 0. The van der Waals surface area contributed by atoms with Crippen LogP contribution in [0.3, 0.4) is 0 Å². The third-order valence-corrected chi connectivity index (χ3v) is 4.31. The number of hydrogen-bond donors (Lipinski definition) is 1. The van der Waals surface area contributed by atoms with E-state index < -0.39 is 0 Å². The monoisotopic (exact) mass is 278 g/mol. The van der Waals surface area contributed by atoms with Gasteiger partial charge in [0, 0.05) is 4.88 Å². The molecule has 7 heteroatoms. The molecule has 1 amide bonds. The maximum Gasteiger partial charge on any atom is 0.281 e. The summed E-state index contributed by atoms with van der Waals surface area (Å²) in [5.41, 5.74) is 1.81. The van der Waals surface area contributed by atoms with Gasteiger partial charge in [0.25, 0.3) is 5.91 Å². The maximum absolute atomic E-state index is 12.0. The van der Waals surface area contributed by atoms with E-state index in [2.05, 4.69) is 32.2 Å². The van der Waals surface area contributed by atoms with Crippen molar-refractivity contribution in [2.45, 2.75) is 33.1 Å². The first-order chi connectivity index (χ1) is 9.13. The molecule has 1 aliphatic carbocycles. The molecule has 0 bridgehead atoms. The molecule has 1 aliphatic rings. The quantitative estimate of drug-likeness (QED) is 0.910. The summed E-state index contributed by atoms with van der Waals surface area (Å²) >= 11 is 1.55. The topological polar surface area (TPSA) is 80.9 Å². The molecule has 3 rings (SSSR count). The van der Waals surface area contributed by atoms with Crippen LogP contribution in [0.15, 0.2) is 4.63 Å². The highest BCUT2D eigenvalue weighted by Crippen LogP contribution is 2.32. The molecule has 1 N–H and O–H groups in total. The van der Waals surface area contributed by atoms with Gasteiger partial charge in [0.2, 0.25) is 0 Å². The van der Waals surface area contributed by atoms with Gasteiger partial charge < -0.3 is 0 Å². The van der Waals surface area contributed by atoms with Crippen molar-refractivity contribution in [1.82, 2.24) is 15.3 Å². The predicted octanol–water partition coefficient (Wildman–Crippen LogP) is 2.21. The van der Waals surface area contributed by atoms with Crippen LogP contribution in [0.1, 0.15) is 40.1 Å². The summed E-state index contributed by atoms with van der Waals surface area (Å²) in [6, 6.07) is 0. The summed E-state index contributed by atoms with van der Waals surface area (Å²) in [5, 5.41) is 10.6. The largest absolute Gasteiger partial charge is 0.296 e. The van der Waals surface area contributed by atoms with E-state index in [1.807, 2.05) is 0 Å². The first-order valence-corrected chi connectivity index (χ1v) is 7.04. The molecule has 6 nitrogen and oxygen atoms in total. The lowest BCUT2D eigenvalue weighted by atomic mass is 9.93. The average molecular weight is 278 g/mol. The Morgan fingerprint density at radius 1 is 1.47 bits per heavy atom. The fraction of sp³-hybridized carbons (Fsp3) is 0.500. The van der Waals surface area contributed by atoms with Crippen molar-refractivity contribution >= 4 is 22.4 Å². The molecule has 2 heterocycles. The van der Waals surface area contributed by atoms with E-state index in [1.54, 1.807) is 18.3 Å². The van der Waals surface area contributed by atoms with Crippen LogP contribution in [-0.2, 0) is 12.8 Å². The van der Waals surface area contributed by atoms with Gasteiger partial charge in [0.15, 0.2) is 10.8 Å². The third kappa shape index (κ3) is 2.37. The Morgan fingerprint density at radius 2 is 2.32 bits per heavy atom. The lowest BCUT2D eigenvalue weighted by Crippen LogP contribution is -2.13. The first kappa shape index (κ1) is 12.3. The Hall–Kier alpha value is -1.76. The second-order valence-electron chi connectivity index (χ2n) is 4.89. The zero-order valence-corrected chi connectivity index (χ0v) is 11.6. The lowest BCUT2D eigenvalue weighted by Gasteiger charge is -2.15. The predicted molar refractivity (Wildman–Crippen MR) is 70.3 cm³/mol. The van der Waals surface area contributed by atoms with Crippen molar-refractivity contribution in [3.05, 3.63) is 22.0 Å². The van der Waals surface area contributed by atoms with Gasteiger partial charge in [-0.3, -0.25) is 10.1 Å². The highest BCUT2D eigenvalue weighted by Gasteiger charge is 2.22. The van der Waals surface area contributed by atoms with Gasteiger partial charge in [-0.2, -0.15) is 0 Å². The normalized spacial score (nSPS) is 18.1. The van der Waals surface area contributed by atoms with Gasteiger partial charge in [-0.05, 0) is 37.3 Å². The van der Waals surface area contributed by atoms with Crippen LogP contribution in [0.25, 0.3) is 0 Å². The minimum Gasteiger partial charge on any atom is -0.296 e. The van der Waals surface area contributed by atoms with Crippen LogP contribution in [-0.4, -0.2) is 21.2 Å². The smallest absolute Gasteiger partial charge is 0.281 e. The fourth-order valence-corrected chi connectivity index (χ4v) is 3.35. The number of carbonyl (C=O) groups is 1. The molecule has 0 saturated carbocycles. The molecule has 0 fully saturated rings. The second-order valence-corrected chi connectivity index (χ2v) is 5.97. The number of nitrogens with one attached hydrogen (secondary N) is 1. The van der Waals surface area contributed by atoms with E-state index in [4.69, 9.17) is 0 Å². The number of aryl methyl sites for hydroxylation is 2. The molecular formula is C12H14N4O2S. The Balaban J connectivity index is 1.78. The molecule has 100 valence electrons.